The fraction of sp³-hybridized carbons (Fsp3) is 0.194. The van der Waals surface area contributed by atoms with Gasteiger partial charge < -0.3 is 14.4 Å². The molecule has 1 unspecified atom stereocenters. The van der Waals surface area contributed by atoms with Crippen LogP contribution in [0.5, 0.6) is 11.5 Å². The minimum atomic E-state index is -4.39. The zero-order valence-corrected chi connectivity index (χ0v) is 24.5. The molecular weight excluding hydrogens is 586 g/mol. The third-order valence-corrected chi connectivity index (χ3v) is 8.54. The Labute approximate surface area is 248 Å². The maximum Gasteiger partial charge on any atom is 0.414 e. The Morgan fingerprint density at radius 1 is 0.929 bits per heavy atom. The van der Waals surface area contributed by atoms with E-state index in [1.807, 2.05) is 6.07 Å². The Kier molecular flexibility index (Phi) is 10.0. The van der Waals surface area contributed by atoms with Crippen LogP contribution in [0.2, 0.25) is 5.02 Å². The monoisotopic (exact) mass is 614 g/mol. The fourth-order valence-electron chi connectivity index (χ4n) is 4.25. The summed E-state index contributed by atoms with van der Waals surface area (Å²) in [5, 5.41) is 0.322. The number of ether oxygens (including phenoxy) is 2. The van der Waals surface area contributed by atoms with Gasteiger partial charge in [0.1, 0.15) is 23.1 Å². The van der Waals surface area contributed by atoms with E-state index < -0.39 is 39.5 Å². The third-order valence-electron chi connectivity index (χ3n) is 6.39. The number of benzene rings is 4. The number of nitrogens with zero attached hydrogens (tertiary/aromatic N) is 2. The third kappa shape index (κ3) is 7.37. The van der Waals surface area contributed by atoms with Gasteiger partial charge in [-0.2, -0.15) is 0 Å². The molecule has 0 fully saturated rings. The average Bonchev–Trinajstić information content (AvgIpc) is 2.98. The highest BCUT2D eigenvalue weighted by Crippen LogP contribution is 2.38. The van der Waals surface area contributed by atoms with Crippen LogP contribution >= 0.6 is 11.6 Å². The van der Waals surface area contributed by atoms with Crippen molar-refractivity contribution in [3.8, 4) is 11.5 Å². The molecule has 0 spiro atoms. The molecule has 0 bridgehead atoms. The molecule has 0 aliphatic carbocycles. The molecule has 220 valence electrons. The Hall–Kier alpha value is -4.15. The summed E-state index contributed by atoms with van der Waals surface area (Å²) in [6, 6.07) is 22.5. The number of amides is 1. The van der Waals surface area contributed by atoms with E-state index in [1.54, 1.807) is 62.5 Å². The minimum absolute atomic E-state index is 0.147. The van der Waals surface area contributed by atoms with Crippen molar-refractivity contribution < 1.29 is 31.5 Å². The molecule has 0 radical (unpaired) electrons. The van der Waals surface area contributed by atoms with Gasteiger partial charge in [0.15, 0.2) is 0 Å². The van der Waals surface area contributed by atoms with E-state index in [1.165, 1.54) is 29.2 Å². The molecule has 0 aliphatic heterocycles. The molecule has 0 saturated heterocycles. The quantitative estimate of drug-likeness (QED) is 0.164. The van der Waals surface area contributed by atoms with E-state index in [9.17, 15) is 17.6 Å². The first kappa shape index (κ1) is 30.8. The van der Waals surface area contributed by atoms with Gasteiger partial charge in [0.25, 0.3) is 10.0 Å². The van der Waals surface area contributed by atoms with Crippen LogP contribution in [-0.4, -0.2) is 39.6 Å². The number of hydrogen-bond acceptors (Lipinski definition) is 5. The molecule has 0 aromatic heterocycles. The summed E-state index contributed by atoms with van der Waals surface area (Å²) < 4.78 is 69.2. The topological polar surface area (TPSA) is 76.2 Å². The van der Waals surface area contributed by atoms with Gasteiger partial charge in [-0.15, -0.1) is 0 Å². The lowest BCUT2D eigenvalue weighted by Crippen LogP contribution is -2.34. The summed E-state index contributed by atoms with van der Waals surface area (Å²) in [4.78, 5) is 13.6. The first-order valence-corrected chi connectivity index (χ1v) is 14.8. The molecule has 7 nitrogen and oxygen atoms in total. The molecule has 42 heavy (non-hydrogen) atoms. The standard InChI is InChI=1S/C31H29ClF2N2O5S/c1-22(36(29-21-24(33)15-18-28(29)34)42(38,39)26-16-13-23(32)14-17-26)27-11-6-7-12-30(27)40-20-8-19-35(2)31(37)41-25-9-4-3-5-10-25/h3-7,9-18,21-22H,8,19-20H2,1-2H3. The van der Waals surface area contributed by atoms with E-state index in [4.69, 9.17) is 21.1 Å². The SMILES string of the molecule is CC(c1ccccc1OCCCN(C)C(=O)Oc1ccccc1)N(c1cc(F)ccc1F)S(=O)(=O)c1ccc(Cl)cc1. The van der Waals surface area contributed by atoms with Crippen LogP contribution in [0.3, 0.4) is 0 Å². The summed E-state index contributed by atoms with van der Waals surface area (Å²) in [6.07, 6.45) is -0.0793. The normalized spacial score (nSPS) is 11.9. The predicted octanol–water partition coefficient (Wildman–Crippen LogP) is 7.47. The Bertz CT molecular complexity index is 1620. The maximum atomic E-state index is 15.1. The maximum absolute atomic E-state index is 15.1. The van der Waals surface area contributed by atoms with Crippen LogP contribution in [0.4, 0.5) is 19.3 Å². The molecule has 0 saturated carbocycles. The highest BCUT2D eigenvalue weighted by atomic mass is 35.5. The van der Waals surface area contributed by atoms with Crippen LogP contribution in [0.1, 0.15) is 24.9 Å². The zero-order valence-electron chi connectivity index (χ0n) is 22.9. The summed E-state index contributed by atoms with van der Waals surface area (Å²) in [6.45, 7) is 2.08. The number of halogens is 3. The molecular formula is C31H29ClF2N2O5S. The molecule has 0 N–H and O–H groups in total. The summed E-state index contributed by atoms with van der Waals surface area (Å²) in [5.41, 5.74) is -0.0265. The number of para-hydroxylation sites is 2. The van der Waals surface area contributed by atoms with Crippen molar-refractivity contribution in [2.24, 2.45) is 0 Å². The zero-order chi connectivity index (χ0) is 30.3. The second-order valence-corrected chi connectivity index (χ2v) is 11.6. The first-order chi connectivity index (χ1) is 20.1. The minimum Gasteiger partial charge on any atom is -0.493 e. The smallest absolute Gasteiger partial charge is 0.414 e. The number of carbonyl (C=O) groups excluding carboxylic acids is 1. The van der Waals surface area contributed by atoms with Crippen LogP contribution in [0, 0.1) is 11.6 Å². The van der Waals surface area contributed by atoms with Gasteiger partial charge in [0.2, 0.25) is 0 Å². The lowest BCUT2D eigenvalue weighted by molar-refractivity contribution is 0.159. The first-order valence-electron chi connectivity index (χ1n) is 13.0. The number of rotatable bonds is 11. The van der Waals surface area contributed by atoms with Crippen LogP contribution < -0.4 is 13.8 Å². The van der Waals surface area contributed by atoms with Gasteiger partial charge in [0, 0.05) is 30.2 Å². The molecule has 1 atom stereocenters. The lowest BCUT2D eigenvalue weighted by Gasteiger charge is -2.32. The molecule has 1 amide bonds. The molecule has 0 heterocycles. The second-order valence-electron chi connectivity index (χ2n) is 9.37. The number of anilines is 1. The molecule has 4 rings (SSSR count). The average molecular weight is 615 g/mol. The van der Waals surface area contributed by atoms with Gasteiger partial charge in [-0.05, 0) is 67.9 Å². The van der Waals surface area contributed by atoms with Gasteiger partial charge in [-0.1, -0.05) is 48.0 Å². The largest absolute Gasteiger partial charge is 0.493 e. The number of sulfonamides is 1. The number of hydrogen-bond donors (Lipinski definition) is 0. The van der Waals surface area contributed by atoms with E-state index in [0.717, 1.165) is 22.5 Å². The van der Waals surface area contributed by atoms with Crippen LogP contribution in [-0.2, 0) is 10.0 Å². The van der Waals surface area contributed by atoms with Gasteiger partial charge >= 0.3 is 6.09 Å². The Morgan fingerprint density at radius 2 is 1.60 bits per heavy atom. The van der Waals surface area contributed by atoms with Gasteiger partial charge in [-0.25, -0.2) is 22.0 Å². The lowest BCUT2D eigenvalue weighted by atomic mass is 10.1. The Balaban J connectivity index is 1.54. The summed E-state index contributed by atoms with van der Waals surface area (Å²) >= 11 is 5.95. The predicted molar refractivity (Wildman–Crippen MR) is 158 cm³/mol. The van der Waals surface area contributed by atoms with Crippen molar-refractivity contribution in [3.05, 3.63) is 119 Å². The second kappa shape index (κ2) is 13.7. The molecule has 11 heteroatoms. The van der Waals surface area contributed by atoms with Crippen molar-refractivity contribution in [2.75, 3.05) is 24.5 Å². The molecule has 0 aliphatic rings. The van der Waals surface area contributed by atoms with Crippen molar-refractivity contribution >= 4 is 33.4 Å². The van der Waals surface area contributed by atoms with Crippen molar-refractivity contribution in [2.45, 2.75) is 24.3 Å². The van der Waals surface area contributed by atoms with Crippen molar-refractivity contribution in [1.29, 1.82) is 0 Å². The van der Waals surface area contributed by atoms with E-state index >= 15 is 4.39 Å². The Morgan fingerprint density at radius 3 is 2.31 bits per heavy atom. The molecule has 4 aromatic rings. The molecule has 4 aromatic carbocycles. The number of carbonyl (C=O) groups is 1. The van der Waals surface area contributed by atoms with E-state index in [2.05, 4.69) is 0 Å². The van der Waals surface area contributed by atoms with E-state index in [-0.39, 0.29) is 11.5 Å². The van der Waals surface area contributed by atoms with Gasteiger partial charge in [-0.3, -0.25) is 4.31 Å². The van der Waals surface area contributed by atoms with Gasteiger partial charge in [0.05, 0.1) is 23.2 Å². The fourth-order valence-corrected chi connectivity index (χ4v) is 6.01. The highest BCUT2D eigenvalue weighted by Gasteiger charge is 2.34. The highest BCUT2D eigenvalue weighted by molar-refractivity contribution is 7.92. The van der Waals surface area contributed by atoms with Crippen molar-refractivity contribution in [3.63, 3.8) is 0 Å². The summed E-state index contributed by atoms with van der Waals surface area (Å²) in [7, 11) is -2.79. The summed E-state index contributed by atoms with van der Waals surface area (Å²) in [5.74, 6) is -0.923. The van der Waals surface area contributed by atoms with Crippen molar-refractivity contribution in [1.82, 2.24) is 4.90 Å². The van der Waals surface area contributed by atoms with Crippen LogP contribution in [0.25, 0.3) is 0 Å². The van der Waals surface area contributed by atoms with E-state index in [0.29, 0.717) is 35.1 Å². The van der Waals surface area contributed by atoms with Crippen LogP contribution in [0.15, 0.2) is 102 Å².